The normalized spacial score (nSPS) is 19.1. The molecule has 2 nitrogen and oxygen atoms in total. The van der Waals surface area contributed by atoms with Crippen LogP contribution >= 0.6 is 22.6 Å². The molecule has 0 saturated heterocycles. The lowest BCUT2D eigenvalue weighted by Gasteiger charge is -2.12. The number of rotatable bonds is 3. The van der Waals surface area contributed by atoms with Crippen LogP contribution in [0.5, 0.6) is 0 Å². The minimum atomic E-state index is -1.24. The van der Waals surface area contributed by atoms with Crippen molar-refractivity contribution < 1.29 is 22.7 Å². The minimum absolute atomic E-state index is 0.0592. The van der Waals surface area contributed by atoms with E-state index in [-0.39, 0.29) is 31.4 Å². The van der Waals surface area contributed by atoms with Crippen LogP contribution in [0.25, 0.3) is 0 Å². The molecular weight excluding hydrogens is 408 g/mol. The Bertz CT molecular complexity index is 610. The van der Waals surface area contributed by atoms with E-state index in [1.165, 1.54) is 6.92 Å². The molecule has 0 unspecified atom stereocenters. The van der Waals surface area contributed by atoms with Crippen LogP contribution in [0.3, 0.4) is 0 Å². The van der Waals surface area contributed by atoms with Crippen LogP contribution in [-0.2, 0) is 16.1 Å². The maximum Gasteiger partial charge on any atom is 0.310 e. The van der Waals surface area contributed by atoms with E-state index in [1.807, 2.05) is 27.7 Å². The summed E-state index contributed by atoms with van der Waals surface area (Å²) in [6, 6.07) is 0. The number of hydrogen-bond acceptors (Lipinski definition) is 2. The van der Waals surface area contributed by atoms with Gasteiger partial charge in [0.05, 0.1) is 9.49 Å². The Balaban J connectivity index is 2.19. The predicted molar refractivity (Wildman–Crippen MR) is 84.6 cm³/mol. The van der Waals surface area contributed by atoms with Gasteiger partial charge in [-0.05, 0) is 40.3 Å². The molecule has 2 rings (SSSR count). The molecule has 0 heterocycles. The van der Waals surface area contributed by atoms with Gasteiger partial charge in [0.2, 0.25) is 0 Å². The molecule has 1 fully saturated rings. The Kier molecular flexibility index (Phi) is 4.30. The summed E-state index contributed by atoms with van der Waals surface area (Å²) in [6.45, 7) is 8.51. The van der Waals surface area contributed by atoms with Gasteiger partial charge < -0.3 is 4.74 Å². The molecule has 0 atom stereocenters. The van der Waals surface area contributed by atoms with E-state index in [0.717, 1.165) is 0 Å². The van der Waals surface area contributed by atoms with Crippen molar-refractivity contribution in [1.82, 2.24) is 0 Å². The third-order valence-corrected chi connectivity index (χ3v) is 6.31. The van der Waals surface area contributed by atoms with Crippen molar-refractivity contribution in [2.75, 3.05) is 0 Å². The maximum absolute atomic E-state index is 13.9. The van der Waals surface area contributed by atoms with Crippen molar-refractivity contribution in [2.45, 2.75) is 41.2 Å². The molecule has 0 spiro atoms. The van der Waals surface area contributed by atoms with E-state index in [9.17, 15) is 18.0 Å². The molecule has 0 bridgehead atoms. The highest BCUT2D eigenvalue weighted by Gasteiger charge is 2.69. The molecule has 0 radical (unpaired) electrons. The van der Waals surface area contributed by atoms with E-state index in [0.29, 0.717) is 0 Å². The van der Waals surface area contributed by atoms with Gasteiger partial charge in [-0.1, -0.05) is 27.7 Å². The molecule has 0 N–H and O–H groups in total. The van der Waals surface area contributed by atoms with Crippen LogP contribution in [0.4, 0.5) is 13.2 Å². The number of halogens is 4. The molecule has 1 saturated carbocycles. The first-order valence-electron chi connectivity index (χ1n) is 6.92. The summed E-state index contributed by atoms with van der Waals surface area (Å²) >= 11 is 1.59. The fourth-order valence-corrected chi connectivity index (χ4v) is 3.72. The van der Waals surface area contributed by atoms with Crippen LogP contribution in [0.1, 0.15) is 38.8 Å². The summed E-state index contributed by atoms with van der Waals surface area (Å²) in [7, 11) is 0. The first-order valence-corrected chi connectivity index (χ1v) is 8.00. The van der Waals surface area contributed by atoms with Gasteiger partial charge in [0.15, 0.2) is 11.6 Å². The van der Waals surface area contributed by atoms with Crippen molar-refractivity contribution in [3.63, 3.8) is 0 Å². The Morgan fingerprint density at radius 2 is 1.59 bits per heavy atom. The zero-order valence-corrected chi connectivity index (χ0v) is 15.3. The van der Waals surface area contributed by atoms with E-state index >= 15 is 0 Å². The zero-order valence-electron chi connectivity index (χ0n) is 13.1. The second-order valence-corrected chi connectivity index (χ2v) is 7.92. The van der Waals surface area contributed by atoms with Gasteiger partial charge in [-0.3, -0.25) is 4.79 Å². The highest BCUT2D eigenvalue weighted by molar-refractivity contribution is 14.1. The SMILES string of the molecule is Cc1c(F)c(F)c(COC(=O)C2C(C)(C)C2(C)C)c(I)c1F. The predicted octanol–water partition coefficient (Wildman–Crippen LogP) is 4.74. The van der Waals surface area contributed by atoms with Gasteiger partial charge in [-0.15, -0.1) is 0 Å². The topological polar surface area (TPSA) is 26.3 Å². The second kappa shape index (κ2) is 5.39. The highest BCUT2D eigenvalue weighted by Crippen LogP contribution is 2.68. The molecule has 1 aliphatic carbocycles. The summed E-state index contributed by atoms with van der Waals surface area (Å²) in [5.74, 6) is -3.99. The third kappa shape index (κ3) is 2.43. The molecule has 1 aliphatic rings. The van der Waals surface area contributed by atoms with Gasteiger partial charge in [0, 0.05) is 11.1 Å². The fourth-order valence-electron chi connectivity index (χ4n) is 2.93. The number of benzene rings is 1. The smallest absolute Gasteiger partial charge is 0.310 e. The lowest BCUT2D eigenvalue weighted by Crippen LogP contribution is -2.14. The van der Waals surface area contributed by atoms with Gasteiger partial charge in [0.1, 0.15) is 12.4 Å². The Labute approximate surface area is 141 Å². The standard InChI is InChI=1S/C16H18F3IO2/c1-7-9(17)11(19)8(12(20)10(7)18)6-22-14(21)13-15(2,3)16(13,4)5/h13H,6H2,1-5H3. The maximum atomic E-state index is 13.9. The first kappa shape index (κ1) is 17.6. The molecule has 6 heteroatoms. The largest absolute Gasteiger partial charge is 0.460 e. The molecule has 1 aromatic rings. The number of carbonyl (C=O) groups excluding carboxylic acids is 1. The van der Waals surface area contributed by atoms with Crippen molar-refractivity contribution in [1.29, 1.82) is 0 Å². The third-order valence-electron chi connectivity index (χ3n) is 5.19. The number of carbonyl (C=O) groups is 1. The lowest BCUT2D eigenvalue weighted by molar-refractivity contribution is -0.148. The minimum Gasteiger partial charge on any atom is -0.460 e. The average Bonchev–Trinajstić information content (AvgIpc) is 2.84. The van der Waals surface area contributed by atoms with Crippen LogP contribution in [0, 0.1) is 44.7 Å². The van der Waals surface area contributed by atoms with Crippen LogP contribution < -0.4 is 0 Å². The molecular formula is C16H18F3IO2. The number of ether oxygens (including phenoxy) is 1. The van der Waals surface area contributed by atoms with Gasteiger partial charge in [0.25, 0.3) is 0 Å². The molecule has 0 aliphatic heterocycles. The average molecular weight is 426 g/mol. The van der Waals surface area contributed by atoms with E-state index in [2.05, 4.69) is 0 Å². The van der Waals surface area contributed by atoms with Crippen LogP contribution in [-0.4, -0.2) is 5.97 Å². The molecule has 1 aromatic carbocycles. The van der Waals surface area contributed by atoms with Crippen molar-refractivity contribution >= 4 is 28.6 Å². The number of hydrogen-bond donors (Lipinski definition) is 0. The summed E-state index contributed by atoms with van der Waals surface area (Å²) < 4.78 is 46.4. The lowest BCUT2D eigenvalue weighted by atomic mass is 10.0. The summed E-state index contributed by atoms with van der Waals surface area (Å²) in [5, 5.41) is 0. The van der Waals surface area contributed by atoms with Crippen LogP contribution in [0.2, 0.25) is 0 Å². The van der Waals surface area contributed by atoms with Crippen LogP contribution in [0.15, 0.2) is 0 Å². The van der Waals surface area contributed by atoms with E-state index < -0.39 is 30.0 Å². The molecule has 0 aromatic heterocycles. The zero-order chi connectivity index (χ0) is 17.0. The van der Waals surface area contributed by atoms with Gasteiger partial charge >= 0.3 is 5.97 Å². The fraction of sp³-hybridized carbons (Fsp3) is 0.562. The Morgan fingerprint density at radius 3 is 2.05 bits per heavy atom. The quantitative estimate of drug-likeness (QED) is 0.397. The Morgan fingerprint density at radius 1 is 1.09 bits per heavy atom. The molecule has 22 heavy (non-hydrogen) atoms. The summed E-state index contributed by atoms with van der Waals surface area (Å²) in [5.41, 5.74) is -1.05. The van der Waals surface area contributed by atoms with Gasteiger partial charge in [-0.25, -0.2) is 13.2 Å². The highest BCUT2D eigenvalue weighted by atomic mass is 127. The summed E-state index contributed by atoms with van der Waals surface area (Å²) in [4.78, 5) is 12.1. The Hall–Kier alpha value is -0.790. The molecule has 0 amide bonds. The monoisotopic (exact) mass is 426 g/mol. The van der Waals surface area contributed by atoms with E-state index in [4.69, 9.17) is 4.74 Å². The van der Waals surface area contributed by atoms with Gasteiger partial charge in [-0.2, -0.15) is 0 Å². The summed E-state index contributed by atoms with van der Waals surface area (Å²) in [6.07, 6.45) is 0. The molecule has 122 valence electrons. The van der Waals surface area contributed by atoms with Crippen molar-refractivity contribution in [3.8, 4) is 0 Å². The second-order valence-electron chi connectivity index (χ2n) is 6.84. The first-order chi connectivity index (χ1) is 9.94. The van der Waals surface area contributed by atoms with E-state index in [1.54, 1.807) is 22.6 Å². The number of esters is 1. The van der Waals surface area contributed by atoms with Crippen molar-refractivity contribution in [2.24, 2.45) is 16.7 Å². The van der Waals surface area contributed by atoms with Crippen molar-refractivity contribution in [3.05, 3.63) is 32.1 Å².